The van der Waals surface area contributed by atoms with E-state index in [1.54, 1.807) is 17.2 Å². The predicted molar refractivity (Wildman–Crippen MR) is 80.8 cm³/mol. The summed E-state index contributed by atoms with van der Waals surface area (Å²) in [6.45, 7) is -0.578. The fraction of sp³-hybridized carbons (Fsp3) is 0.357. The molecule has 6 nitrogen and oxygen atoms in total. The lowest BCUT2D eigenvalue weighted by molar-refractivity contribution is 0.0550. The van der Waals surface area contributed by atoms with E-state index < -0.39 is 6.55 Å². The van der Waals surface area contributed by atoms with Crippen molar-refractivity contribution in [2.45, 2.75) is 6.55 Å². The molecule has 0 aromatic carbocycles. The van der Waals surface area contributed by atoms with Gasteiger partial charge in [-0.05, 0) is 18.2 Å². The molecule has 3 heterocycles. The summed E-state index contributed by atoms with van der Waals surface area (Å²) in [6, 6.07) is 4.89. The molecule has 0 spiro atoms. The Kier molecular flexibility index (Phi) is 4.42. The van der Waals surface area contributed by atoms with Crippen LogP contribution in [0.3, 0.4) is 0 Å². The number of nitrogens with zero attached hydrogens (tertiary/aromatic N) is 5. The van der Waals surface area contributed by atoms with E-state index in [9.17, 15) is 13.6 Å². The summed E-state index contributed by atoms with van der Waals surface area (Å²) in [6.07, 6.45) is 2.68. The van der Waals surface area contributed by atoms with Crippen LogP contribution in [-0.4, -0.2) is 51.8 Å². The second-order valence-electron chi connectivity index (χ2n) is 5.07. The van der Waals surface area contributed by atoms with Gasteiger partial charge in [-0.15, -0.1) is 0 Å². The zero-order valence-electron chi connectivity index (χ0n) is 12.1. The van der Waals surface area contributed by atoms with E-state index in [1.165, 1.54) is 6.07 Å². The summed E-state index contributed by atoms with van der Waals surface area (Å²) in [7, 11) is 0. The number of amides is 1. The van der Waals surface area contributed by atoms with Crippen molar-refractivity contribution in [1.82, 2.24) is 19.7 Å². The van der Waals surface area contributed by atoms with E-state index in [-0.39, 0.29) is 11.6 Å². The minimum absolute atomic E-state index is 0.0309. The molecule has 0 N–H and O–H groups in total. The Bertz CT molecular complexity index is 683. The number of halogens is 3. The van der Waals surface area contributed by atoms with Crippen LogP contribution in [0.25, 0.3) is 0 Å². The SMILES string of the molecule is O=C(c1ccn(C(F)F)n1)N1CCN(c2ccc(Cl)cn2)CC1. The fourth-order valence-corrected chi connectivity index (χ4v) is 2.53. The lowest BCUT2D eigenvalue weighted by Gasteiger charge is -2.35. The Labute approximate surface area is 136 Å². The van der Waals surface area contributed by atoms with Crippen LogP contribution in [0.4, 0.5) is 14.6 Å². The molecule has 1 fully saturated rings. The number of rotatable bonds is 3. The van der Waals surface area contributed by atoms with Crippen LogP contribution in [0, 0.1) is 0 Å². The van der Waals surface area contributed by atoms with Gasteiger partial charge >= 0.3 is 6.55 Å². The Morgan fingerprint density at radius 3 is 2.48 bits per heavy atom. The van der Waals surface area contributed by atoms with Gasteiger partial charge in [0.2, 0.25) is 0 Å². The third-order valence-electron chi connectivity index (χ3n) is 3.63. The standard InChI is InChI=1S/C14H14ClF2N5O/c15-10-1-2-12(18-9-10)20-5-7-21(8-6-20)13(23)11-3-4-22(19-11)14(16)17/h1-4,9,14H,5-8H2. The summed E-state index contributed by atoms with van der Waals surface area (Å²) < 4.78 is 25.5. The number of hydrogen-bond donors (Lipinski definition) is 0. The van der Waals surface area contributed by atoms with Crippen LogP contribution < -0.4 is 4.90 Å². The number of carbonyl (C=O) groups excluding carboxylic acids is 1. The molecule has 1 saturated heterocycles. The summed E-state index contributed by atoms with van der Waals surface area (Å²) in [5.41, 5.74) is 0.0309. The molecule has 9 heteroatoms. The molecule has 0 radical (unpaired) electrons. The second kappa shape index (κ2) is 6.49. The minimum atomic E-state index is -2.75. The quantitative estimate of drug-likeness (QED) is 0.859. The van der Waals surface area contributed by atoms with Crippen LogP contribution in [0.15, 0.2) is 30.6 Å². The highest BCUT2D eigenvalue weighted by Crippen LogP contribution is 2.17. The number of aromatic nitrogens is 3. The van der Waals surface area contributed by atoms with Crippen LogP contribution >= 0.6 is 11.6 Å². The maximum atomic E-state index is 12.5. The van der Waals surface area contributed by atoms with Crippen molar-refractivity contribution in [3.63, 3.8) is 0 Å². The van der Waals surface area contributed by atoms with E-state index in [2.05, 4.69) is 10.1 Å². The van der Waals surface area contributed by atoms with Crippen molar-refractivity contribution in [3.8, 4) is 0 Å². The lowest BCUT2D eigenvalue weighted by Crippen LogP contribution is -2.49. The molecule has 2 aromatic rings. The molecule has 0 unspecified atom stereocenters. The Balaban J connectivity index is 1.61. The van der Waals surface area contributed by atoms with Gasteiger partial charge in [0, 0.05) is 38.6 Å². The third kappa shape index (κ3) is 3.42. The number of anilines is 1. The van der Waals surface area contributed by atoms with Gasteiger partial charge in [0.25, 0.3) is 5.91 Å². The smallest absolute Gasteiger partial charge is 0.333 e. The molecule has 1 aliphatic heterocycles. The zero-order chi connectivity index (χ0) is 16.4. The first-order valence-corrected chi connectivity index (χ1v) is 7.41. The van der Waals surface area contributed by atoms with E-state index in [0.29, 0.717) is 35.9 Å². The van der Waals surface area contributed by atoms with Crippen molar-refractivity contribution in [3.05, 3.63) is 41.3 Å². The van der Waals surface area contributed by atoms with Crippen LogP contribution in [0.1, 0.15) is 17.0 Å². The van der Waals surface area contributed by atoms with Gasteiger partial charge in [0.05, 0.1) is 5.02 Å². The van der Waals surface area contributed by atoms with Crippen LogP contribution in [0.5, 0.6) is 0 Å². The molecule has 0 bridgehead atoms. The molecule has 2 aromatic heterocycles. The van der Waals surface area contributed by atoms with E-state index >= 15 is 0 Å². The predicted octanol–water partition coefficient (Wildman–Crippen LogP) is 2.29. The van der Waals surface area contributed by atoms with Gasteiger partial charge in [0.15, 0.2) is 5.69 Å². The molecular weight excluding hydrogens is 328 g/mol. The number of hydrogen-bond acceptors (Lipinski definition) is 4. The normalized spacial score (nSPS) is 15.3. The van der Waals surface area contributed by atoms with Gasteiger partial charge in [-0.25, -0.2) is 9.67 Å². The molecule has 3 rings (SSSR count). The number of alkyl halides is 2. The van der Waals surface area contributed by atoms with Gasteiger partial charge < -0.3 is 9.80 Å². The van der Waals surface area contributed by atoms with E-state index in [0.717, 1.165) is 12.0 Å². The van der Waals surface area contributed by atoms with Crippen molar-refractivity contribution in [2.24, 2.45) is 0 Å². The topological polar surface area (TPSA) is 54.3 Å². The Morgan fingerprint density at radius 1 is 1.17 bits per heavy atom. The zero-order valence-corrected chi connectivity index (χ0v) is 12.8. The molecule has 1 amide bonds. The third-order valence-corrected chi connectivity index (χ3v) is 3.85. The van der Waals surface area contributed by atoms with Gasteiger partial charge in [-0.2, -0.15) is 13.9 Å². The Hall–Kier alpha value is -2.22. The molecule has 1 aliphatic rings. The molecule has 23 heavy (non-hydrogen) atoms. The summed E-state index contributed by atoms with van der Waals surface area (Å²) >= 11 is 5.81. The highest BCUT2D eigenvalue weighted by Gasteiger charge is 2.24. The first-order chi connectivity index (χ1) is 11.0. The highest BCUT2D eigenvalue weighted by atomic mass is 35.5. The molecular formula is C14H14ClF2N5O. The van der Waals surface area contributed by atoms with Gasteiger partial charge in [-0.3, -0.25) is 4.79 Å². The van der Waals surface area contributed by atoms with E-state index in [4.69, 9.17) is 11.6 Å². The van der Waals surface area contributed by atoms with Crippen molar-refractivity contribution < 1.29 is 13.6 Å². The fourth-order valence-electron chi connectivity index (χ4n) is 2.42. The van der Waals surface area contributed by atoms with Gasteiger partial charge in [0.1, 0.15) is 5.82 Å². The molecule has 0 aliphatic carbocycles. The van der Waals surface area contributed by atoms with Crippen molar-refractivity contribution in [1.29, 1.82) is 0 Å². The van der Waals surface area contributed by atoms with Crippen LogP contribution in [0.2, 0.25) is 5.02 Å². The lowest BCUT2D eigenvalue weighted by atomic mass is 10.2. The van der Waals surface area contributed by atoms with Crippen molar-refractivity contribution >= 4 is 23.3 Å². The average molecular weight is 342 g/mol. The maximum absolute atomic E-state index is 12.5. The first kappa shape index (κ1) is 15.7. The number of carbonyl (C=O) groups is 1. The highest BCUT2D eigenvalue weighted by molar-refractivity contribution is 6.30. The van der Waals surface area contributed by atoms with E-state index in [1.807, 2.05) is 11.0 Å². The molecule has 0 saturated carbocycles. The second-order valence-corrected chi connectivity index (χ2v) is 5.51. The largest absolute Gasteiger partial charge is 0.353 e. The first-order valence-electron chi connectivity index (χ1n) is 7.03. The number of pyridine rings is 1. The summed E-state index contributed by atoms with van der Waals surface area (Å²) in [5, 5.41) is 4.17. The number of piperazine rings is 1. The Morgan fingerprint density at radius 2 is 1.91 bits per heavy atom. The van der Waals surface area contributed by atoms with Crippen molar-refractivity contribution in [2.75, 3.05) is 31.1 Å². The average Bonchev–Trinajstić information content (AvgIpc) is 3.05. The van der Waals surface area contributed by atoms with Crippen LogP contribution in [-0.2, 0) is 0 Å². The molecule has 0 atom stereocenters. The monoisotopic (exact) mass is 341 g/mol. The van der Waals surface area contributed by atoms with Gasteiger partial charge in [-0.1, -0.05) is 11.6 Å². The molecule has 122 valence electrons. The summed E-state index contributed by atoms with van der Waals surface area (Å²) in [5.74, 6) is 0.455. The summed E-state index contributed by atoms with van der Waals surface area (Å²) in [4.78, 5) is 20.2. The maximum Gasteiger partial charge on any atom is 0.333 e. The minimum Gasteiger partial charge on any atom is -0.353 e.